The van der Waals surface area contributed by atoms with E-state index < -0.39 is 9.84 Å². The quantitative estimate of drug-likeness (QED) is 0.921. The normalized spacial score (nSPS) is 20.6. The van der Waals surface area contributed by atoms with Crippen LogP contribution in [0.5, 0.6) is 0 Å². The molecule has 0 radical (unpaired) electrons. The molecule has 1 atom stereocenters. The Bertz CT molecular complexity index is 754. The molecule has 0 saturated carbocycles. The van der Waals surface area contributed by atoms with Gasteiger partial charge in [-0.25, -0.2) is 18.4 Å². The predicted molar refractivity (Wildman–Crippen MR) is 79.3 cm³/mol. The van der Waals surface area contributed by atoms with E-state index in [2.05, 4.69) is 20.4 Å². The molecule has 1 unspecified atom stereocenters. The average Bonchev–Trinajstić information content (AvgIpc) is 2.94. The summed E-state index contributed by atoms with van der Waals surface area (Å²) in [7, 11) is -2.93. The number of nitrogens with one attached hydrogen (secondary N) is 1. The van der Waals surface area contributed by atoms with Crippen LogP contribution >= 0.6 is 0 Å². The molecule has 1 aliphatic rings. The van der Waals surface area contributed by atoms with E-state index >= 15 is 0 Å². The summed E-state index contributed by atoms with van der Waals surface area (Å²) in [5, 5.41) is 7.64. The number of aryl methyl sites for hydroxylation is 1. The van der Waals surface area contributed by atoms with E-state index in [1.54, 1.807) is 18.5 Å². The Morgan fingerprint density at radius 2 is 2.00 bits per heavy atom. The lowest BCUT2D eigenvalue weighted by atomic mass is 10.2. The smallest absolute Gasteiger partial charge is 0.227 e. The number of anilines is 2. The first-order chi connectivity index (χ1) is 9.96. The number of sulfone groups is 1. The predicted octanol–water partition coefficient (Wildman–Crippen LogP) is 1.39. The molecule has 0 aliphatic carbocycles. The molecule has 1 fully saturated rings. The molecule has 2 aromatic rings. The molecule has 3 heterocycles. The number of hydrogen-bond acceptors (Lipinski definition) is 6. The molecule has 0 aromatic carbocycles. The minimum atomic E-state index is -2.93. The molecular formula is C13H17N5O2S. The number of aromatic nitrogens is 4. The van der Waals surface area contributed by atoms with Crippen molar-refractivity contribution in [2.24, 2.45) is 0 Å². The van der Waals surface area contributed by atoms with Crippen LogP contribution in [0.2, 0.25) is 0 Å². The summed E-state index contributed by atoms with van der Waals surface area (Å²) in [6.45, 7) is 3.81. The zero-order valence-electron chi connectivity index (χ0n) is 11.9. The average molecular weight is 307 g/mol. The second kappa shape index (κ2) is 5.10. The first-order valence-electron chi connectivity index (χ1n) is 6.76. The first-order valence-corrected chi connectivity index (χ1v) is 8.58. The highest BCUT2D eigenvalue weighted by atomic mass is 32.2. The monoisotopic (exact) mass is 307 g/mol. The van der Waals surface area contributed by atoms with Crippen molar-refractivity contribution in [2.45, 2.75) is 26.3 Å². The fraction of sp³-hybridized carbons (Fsp3) is 0.462. The standard InChI is InChI=1S/C13H17N5O2S/c1-9-12(16-13-14-5-3-6-15-13)10(2)18(17-9)11-4-7-21(19,20)8-11/h3,5-6,11H,4,7-8H2,1-2H3,(H,14,15,16). The van der Waals surface area contributed by atoms with Crippen molar-refractivity contribution in [3.05, 3.63) is 29.8 Å². The van der Waals surface area contributed by atoms with Crippen LogP contribution in [-0.2, 0) is 9.84 Å². The van der Waals surface area contributed by atoms with Gasteiger partial charge in [-0.15, -0.1) is 0 Å². The van der Waals surface area contributed by atoms with E-state index in [-0.39, 0.29) is 17.5 Å². The lowest BCUT2D eigenvalue weighted by molar-refractivity contribution is 0.486. The van der Waals surface area contributed by atoms with Crippen molar-refractivity contribution in [3.63, 3.8) is 0 Å². The number of rotatable bonds is 3. The van der Waals surface area contributed by atoms with Gasteiger partial charge < -0.3 is 5.32 Å². The topological polar surface area (TPSA) is 89.8 Å². The summed E-state index contributed by atoms with van der Waals surface area (Å²) in [6, 6.07) is 1.67. The maximum absolute atomic E-state index is 11.6. The zero-order valence-corrected chi connectivity index (χ0v) is 12.8. The molecule has 112 valence electrons. The number of hydrogen-bond donors (Lipinski definition) is 1. The summed E-state index contributed by atoms with van der Waals surface area (Å²) in [4.78, 5) is 8.26. The lowest BCUT2D eigenvalue weighted by Gasteiger charge is -2.11. The fourth-order valence-corrected chi connectivity index (χ4v) is 4.34. The highest BCUT2D eigenvalue weighted by molar-refractivity contribution is 7.91. The van der Waals surface area contributed by atoms with Gasteiger partial charge in [0.2, 0.25) is 5.95 Å². The Balaban J connectivity index is 1.90. The molecule has 7 nitrogen and oxygen atoms in total. The van der Waals surface area contributed by atoms with Gasteiger partial charge in [0.15, 0.2) is 9.84 Å². The minimum Gasteiger partial charge on any atom is -0.321 e. The molecule has 1 N–H and O–H groups in total. The maximum atomic E-state index is 11.6. The summed E-state index contributed by atoms with van der Waals surface area (Å²) in [5.41, 5.74) is 2.55. The van der Waals surface area contributed by atoms with Crippen LogP contribution in [0.4, 0.5) is 11.6 Å². The van der Waals surface area contributed by atoms with Crippen molar-refractivity contribution in [1.29, 1.82) is 0 Å². The first kappa shape index (κ1) is 14.0. The molecule has 3 rings (SSSR count). The SMILES string of the molecule is Cc1nn(C2CCS(=O)(=O)C2)c(C)c1Nc1ncccn1. The third kappa shape index (κ3) is 2.76. The molecule has 21 heavy (non-hydrogen) atoms. The Kier molecular flexibility index (Phi) is 3.40. The number of nitrogens with zero attached hydrogens (tertiary/aromatic N) is 4. The van der Waals surface area contributed by atoms with Gasteiger partial charge in [-0.2, -0.15) is 5.10 Å². The van der Waals surface area contributed by atoms with Crippen LogP contribution in [0, 0.1) is 13.8 Å². The van der Waals surface area contributed by atoms with Gasteiger partial charge in [-0.05, 0) is 26.3 Å². The second-order valence-electron chi connectivity index (χ2n) is 5.24. The third-order valence-electron chi connectivity index (χ3n) is 3.68. The Morgan fingerprint density at radius 1 is 1.29 bits per heavy atom. The summed E-state index contributed by atoms with van der Waals surface area (Å²) in [5.74, 6) is 0.902. The highest BCUT2D eigenvalue weighted by Gasteiger charge is 2.31. The van der Waals surface area contributed by atoms with E-state index in [0.29, 0.717) is 12.4 Å². The minimum absolute atomic E-state index is 0.0825. The second-order valence-corrected chi connectivity index (χ2v) is 7.47. The Labute approximate surface area is 123 Å². The molecule has 0 spiro atoms. The van der Waals surface area contributed by atoms with Crippen LogP contribution in [0.3, 0.4) is 0 Å². The summed E-state index contributed by atoms with van der Waals surface area (Å²) in [6.07, 6.45) is 3.94. The summed E-state index contributed by atoms with van der Waals surface area (Å²) >= 11 is 0. The fourth-order valence-electron chi connectivity index (χ4n) is 2.64. The third-order valence-corrected chi connectivity index (χ3v) is 5.43. The van der Waals surface area contributed by atoms with Gasteiger partial charge >= 0.3 is 0 Å². The van der Waals surface area contributed by atoms with Gasteiger partial charge in [0.25, 0.3) is 0 Å². The van der Waals surface area contributed by atoms with Crippen molar-refractivity contribution in [3.8, 4) is 0 Å². The van der Waals surface area contributed by atoms with Crippen molar-refractivity contribution in [2.75, 3.05) is 16.8 Å². The van der Waals surface area contributed by atoms with E-state index in [4.69, 9.17) is 0 Å². The van der Waals surface area contributed by atoms with Crippen LogP contribution in [-0.4, -0.2) is 39.7 Å². The highest BCUT2D eigenvalue weighted by Crippen LogP contribution is 2.29. The van der Waals surface area contributed by atoms with Gasteiger partial charge in [0, 0.05) is 12.4 Å². The van der Waals surface area contributed by atoms with Crippen molar-refractivity contribution >= 4 is 21.5 Å². The molecule has 2 aromatic heterocycles. The Morgan fingerprint density at radius 3 is 2.62 bits per heavy atom. The zero-order chi connectivity index (χ0) is 15.0. The van der Waals surface area contributed by atoms with Gasteiger partial charge in [0.1, 0.15) is 0 Å². The largest absolute Gasteiger partial charge is 0.321 e. The van der Waals surface area contributed by atoms with Crippen LogP contribution in [0.15, 0.2) is 18.5 Å². The molecular weight excluding hydrogens is 290 g/mol. The molecule has 0 amide bonds. The van der Waals surface area contributed by atoms with E-state index in [1.807, 2.05) is 18.5 Å². The van der Waals surface area contributed by atoms with E-state index in [1.165, 1.54) is 0 Å². The van der Waals surface area contributed by atoms with E-state index in [9.17, 15) is 8.42 Å². The molecule has 1 aliphatic heterocycles. The maximum Gasteiger partial charge on any atom is 0.227 e. The summed E-state index contributed by atoms with van der Waals surface area (Å²) < 4.78 is 25.1. The molecule has 0 bridgehead atoms. The van der Waals surface area contributed by atoms with Crippen molar-refractivity contribution < 1.29 is 8.42 Å². The van der Waals surface area contributed by atoms with E-state index in [0.717, 1.165) is 17.1 Å². The van der Waals surface area contributed by atoms with Crippen molar-refractivity contribution in [1.82, 2.24) is 19.7 Å². The van der Waals surface area contributed by atoms with Gasteiger partial charge in [-0.3, -0.25) is 4.68 Å². The van der Waals surface area contributed by atoms with Gasteiger partial charge in [0.05, 0.1) is 34.6 Å². The van der Waals surface area contributed by atoms with Crippen LogP contribution < -0.4 is 5.32 Å². The van der Waals surface area contributed by atoms with Gasteiger partial charge in [-0.1, -0.05) is 0 Å². The molecule has 1 saturated heterocycles. The van der Waals surface area contributed by atoms with Crippen LogP contribution in [0.25, 0.3) is 0 Å². The Hall–Kier alpha value is -1.96. The van der Waals surface area contributed by atoms with Crippen LogP contribution in [0.1, 0.15) is 23.9 Å². The molecule has 8 heteroatoms. The lowest BCUT2D eigenvalue weighted by Crippen LogP contribution is -2.14.